The number of benzene rings is 2. The first-order valence-electron chi connectivity index (χ1n) is 5.61. The van der Waals surface area contributed by atoms with Crippen molar-refractivity contribution in [3.8, 4) is 11.5 Å². The van der Waals surface area contributed by atoms with Crippen LogP contribution >= 0.6 is 47.8 Å². The van der Waals surface area contributed by atoms with Gasteiger partial charge in [0.2, 0.25) is 0 Å². The Morgan fingerprint density at radius 3 is 2.30 bits per heavy atom. The van der Waals surface area contributed by atoms with E-state index < -0.39 is 0 Å². The molecule has 2 rings (SSSR count). The van der Waals surface area contributed by atoms with Crippen molar-refractivity contribution in [1.29, 1.82) is 0 Å². The lowest BCUT2D eigenvalue weighted by molar-refractivity contribution is 0.297. The summed E-state index contributed by atoms with van der Waals surface area (Å²) in [4.78, 5) is 0. The van der Waals surface area contributed by atoms with Crippen LogP contribution in [0, 0.1) is 5.82 Å². The van der Waals surface area contributed by atoms with Crippen molar-refractivity contribution in [1.82, 2.24) is 0 Å². The lowest BCUT2D eigenvalue weighted by Gasteiger charge is -2.11. The quantitative estimate of drug-likeness (QED) is 0.573. The fourth-order valence-corrected chi connectivity index (χ4v) is 2.83. The molecule has 0 aliphatic heterocycles. The van der Waals surface area contributed by atoms with E-state index in [1.807, 2.05) is 0 Å². The highest BCUT2D eigenvalue weighted by atomic mass is 79.9. The zero-order chi connectivity index (χ0) is 14.7. The van der Waals surface area contributed by atoms with Crippen LogP contribution in [0.15, 0.2) is 43.7 Å². The monoisotopic (exact) mass is 466 g/mol. The molecule has 0 aliphatic rings. The summed E-state index contributed by atoms with van der Waals surface area (Å²) in [5.41, 5.74) is 0.493. The van der Waals surface area contributed by atoms with Gasteiger partial charge in [0.25, 0.3) is 0 Å². The maximum absolute atomic E-state index is 13.7. The van der Waals surface area contributed by atoms with Gasteiger partial charge in [0, 0.05) is 10.0 Å². The third-order valence-corrected chi connectivity index (χ3v) is 4.34. The molecular formula is C14H10Br3FO2. The Morgan fingerprint density at radius 2 is 1.65 bits per heavy atom. The van der Waals surface area contributed by atoms with Crippen LogP contribution in [0.2, 0.25) is 0 Å². The number of ether oxygens (including phenoxy) is 2. The van der Waals surface area contributed by atoms with E-state index in [-0.39, 0.29) is 12.4 Å². The molecule has 2 aromatic carbocycles. The third-order valence-electron chi connectivity index (χ3n) is 2.60. The van der Waals surface area contributed by atoms with Gasteiger partial charge in [-0.1, -0.05) is 22.0 Å². The zero-order valence-electron chi connectivity index (χ0n) is 10.4. The van der Waals surface area contributed by atoms with E-state index in [1.54, 1.807) is 31.4 Å². The summed E-state index contributed by atoms with van der Waals surface area (Å²) in [6.07, 6.45) is 0. The molecule has 2 nitrogen and oxygen atoms in total. The molecule has 0 bridgehead atoms. The van der Waals surface area contributed by atoms with Crippen LogP contribution in [0.3, 0.4) is 0 Å². The van der Waals surface area contributed by atoms with E-state index in [9.17, 15) is 4.39 Å². The lowest BCUT2D eigenvalue weighted by Crippen LogP contribution is -1.99. The van der Waals surface area contributed by atoms with Crippen molar-refractivity contribution in [2.75, 3.05) is 7.11 Å². The smallest absolute Gasteiger partial charge is 0.135 e. The molecule has 0 saturated heterocycles. The molecule has 0 spiro atoms. The average molecular weight is 469 g/mol. The van der Waals surface area contributed by atoms with E-state index in [1.165, 1.54) is 6.07 Å². The number of hydrogen-bond donors (Lipinski definition) is 0. The first kappa shape index (κ1) is 15.8. The Morgan fingerprint density at radius 1 is 1.00 bits per heavy atom. The van der Waals surface area contributed by atoms with Crippen LogP contribution in [-0.2, 0) is 6.61 Å². The topological polar surface area (TPSA) is 18.5 Å². The maximum atomic E-state index is 13.7. The van der Waals surface area contributed by atoms with Crippen LogP contribution < -0.4 is 9.47 Å². The predicted molar refractivity (Wildman–Crippen MR) is 86.8 cm³/mol. The molecule has 0 heterocycles. The van der Waals surface area contributed by atoms with E-state index in [2.05, 4.69) is 47.8 Å². The number of halogens is 4. The summed E-state index contributed by atoms with van der Waals surface area (Å²) in [6, 6.07) is 8.45. The van der Waals surface area contributed by atoms with E-state index in [4.69, 9.17) is 9.47 Å². The van der Waals surface area contributed by atoms with Crippen LogP contribution in [0.4, 0.5) is 4.39 Å². The fourth-order valence-electron chi connectivity index (χ4n) is 1.57. The highest BCUT2D eigenvalue weighted by Gasteiger charge is 2.10. The van der Waals surface area contributed by atoms with Crippen molar-refractivity contribution >= 4 is 47.8 Å². The SMILES string of the molecule is COc1cc(Br)c(OCc2ccc(Br)cc2F)cc1Br. The normalized spacial score (nSPS) is 10.4. The van der Waals surface area contributed by atoms with Gasteiger partial charge >= 0.3 is 0 Å². The van der Waals surface area contributed by atoms with Gasteiger partial charge in [-0.3, -0.25) is 0 Å². The van der Waals surface area contributed by atoms with Crippen molar-refractivity contribution < 1.29 is 13.9 Å². The minimum Gasteiger partial charge on any atom is -0.496 e. The van der Waals surface area contributed by atoms with E-state index >= 15 is 0 Å². The Balaban J connectivity index is 2.16. The largest absolute Gasteiger partial charge is 0.496 e. The summed E-state index contributed by atoms with van der Waals surface area (Å²) in [5.74, 6) is 1.00. The van der Waals surface area contributed by atoms with Crippen LogP contribution in [-0.4, -0.2) is 7.11 Å². The second-order valence-electron chi connectivity index (χ2n) is 3.94. The Kier molecular flexibility index (Phi) is 5.46. The van der Waals surface area contributed by atoms with Gasteiger partial charge in [-0.15, -0.1) is 0 Å². The Hall–Kier alpha value is -0.590. The summed E-state index contributed by atoms with van der Waals surface area (Å²) in [7, 11) is 1.59. The summed E-state index contributed by atoms with van der Waals surface area (Å²) in [5, 5.41) is 0. The van der Waals surface area contributed by atoms with Crippen LogP contribution in [0.25, 0.3) is 0 Å². The molecule has 6 heteroatoms. The van der Waals surface area contributed by atoms with Gasteiger partial charge in [-0.2, -0.15) is 0 Å². The van der Waals surface area contributed by atoms with Gasteiger partial charge in [0.05, 0.1) is 16.1 Å². The van der Waals surface area contributed by atoms with Gasteiger partial charge in [-0.25, -0.2) is 4.39 Å². The Labute approximate surface area is 141 Å². The van der Waals surface area contributed by atoms with Crippen molar-refractivity contribution in [3.63, 3.8) is 0 Å². The highest BCUT2D eigenvalue weighted by Crippen LogP contribution is 2.36. The second-order valence-corrected chi connectivity index (χ2v) is 6.57. The molecule has 20 heavy (non-hydrogen) atoms. The van der Waals surface area contributed by atoms with Gasteiger partial charge in [0.15, 0.2) is 0 Å². The standard InChI is InChI=1S/C14H10Br3FO2/c1-19-13-5-11(17)14(6-10(13)16)20-7-8-2-3-9(15)4-12(8)18/h2-6H,7H2,1H3. The molecule has 0 radical (unpaired) electrons. The second kappa shape index (κ2) is 6.91. The Bertz CT molecular complexity index is 632. The third kappa shape index (κ3) is 3.74. The maximum Gasteiger partial charge on any atom is 0.135 e. The van der Waals surface area contributed by atoms with Crippen LogP contribution in [0.5, 0.6) is 11.5 Å². The minimum absolute atomic E-state index is 0.149. The number of rotatable bonds is 4. The molecule has 0 fully saturated rings. The number of methoxy groups -OCH3 is 1. The fraction of sp³-hybridized carbons (Fsp3) is 0.143. The average Bonchev–Trinajstić information content (AvgIpc) is 2.41. The molecule has 0 N–H and O–H groups in total. The molecule has 2 aromatic rings. The van der Waals surface area contributed by atoms with Gasteiger partial charge in [0.1, 0.15) is 23.9 Å². The van der Waals surface area contributed by atoms with Crippen molar-refractivity contribution in [2.24, 2.45) is 0 Å². The van der Waals surface area contributed by atoms with Gasteiger partial charge in [-0.05, 0) is 56.1 Å². The molecule has 0 unspecified atom stereocenters. The molecule has 0 saturated carbocycles. The molecule has 106 valence electrons. The van der Waals surface area contributed by atoms with Crippen molar-refractivity contribution in [2.45, 2.75) is 6.61 Å². The van der Waals surface area contributed by atoms with E-state index in [0.717, 1.165) is 8.95 Å². The minimum atomic E-state index is -0.303. The zero-order valence-corrected chi connectivity index (χ0v) is 15.2. The number of hydrogen-bond acceptors (Lipinski definition) is 2. The molecular weight excluding hydrogens is 459 g/mol. The lowest BCUT2D eigenvalue weighted by atomic mass is 10.2. The molecule has 0 atom stereocenters. The highest BCUT2D eigenvalue weighted by molar-refractivity contribution is 9.11. The first-order valence-corrected chi connectivity index (χ1v) is 7.99. The van der Waals surface area contributed by atoms with Crippen LogP contribution in [0.1, 0.15) is 5.56 Å². The first-order chi connectivity index (χ1) is 9.51. The summed E-state index contributed by atoms with van der Waals surface area (Å²) in [6.45, 7) is 0.149. The van der Waals surface area contributed by atoms with E-state index in [0.29, 0.717) is 21.5 Å². The molecule has 0 aromatic heterocycles. The predicted octanol–water partition coefficient (Wildman–Crippen LogP) is 5.70. The molecule has 0 amide bonds. The summed E-state index contributed by atoms with van der Waals surface area (Å²) < 4.78 is 26.7. The molecule has 0 aliphatic carbocycles. The van der Waals surface area contributed by atoms with Crippen molar-refractivity contribution in [3.05, 3.63) is 55.1 Å². The summed E-state index contributed by atoms with van der Waals surface area (Å²) >= 11 is 10.0. The van der Waals surface area contributed by atoms with Gasteiger partial charge < -0.3 is 9.47 Å².